The van der Waals surface area contributed by atoms with Crippen molar-refractivity contribution in [2.24, 2.45) is 5.92 Å². The van der Waals surface area contributed by atoms with E-state index in [0.29, 0.717) is 31.0 Å². The van der Waals surface area contributed by atoms with E-state index in [-0.39, 0.29) is 17.9 Å². The molecule has 1 aromatic carbocycles. The average Bonchev–Trinajstić information content (AvgIpc) is 2.95. The maximum Gasteiger partial charge on any atom is 0.317 e. The Labute approximate surface area is 149 Å². The maximum absolute atomic E-state index is 12.9. The van der Waals surface area contributed by atoms with Crippen molar-refractivity contribution >= 4 is 17.6 Å². The van der Waals surface area contributed by atoms with E-state index in [1.807, 2.05) is 24.3 Å². The molecule has 5 heteroatoms. The van der Waals surface area contributed by atoms with Gasteiger partial charge < -0.3 is 15.5 Å². The highest BCUT2D eigenvalue weighted by molar-refractivity contribution is 5.94. The first-order valence-corrected chi connectivity index (χ1v) is 9.58. The number of nitrogens with zero attached hydrogens (tertiary/aromatic N) is 1. The van der Waals surface area contributed by atoms with Gasteiger partial charge >= 0.3 is 6.03 Å². The number of carbonyl (C=O) groups is 2. The van der Waals surface area contributed by atoms with Crippen LogP contribution in [0.2, 0.25) is 0 Å². The van der Waals surface area contributed by atoms with Crippen molar-refractivity contribution in [1.29, 1.82) is 0 Å². The van der Waals surface area contributed by atoms with Gasteiger partial charge in [0.05, 0.1) is 0 Å². The second-order valence-corrected chi connectivity index (χ2v) is 7.83. The van der Waals surface area contributed by atoms with E-state index in [0.717, 1.165) is 24.1 Å². The van der Waals surface area contributed by atoms with Crippen molar-refractivity contribution in [3.63, 3.8) is 0 Å². The fraction of sp³-hybridized carbons (Fsp3) is 0.600. The number of anilines is 1. The lowest BCUT2D eigenvalue weighted by Gasteiger charge is -2.34. The summed E-state index contributed by atoms with van der Waals surface area (Å²) in [6, 6.07) is 8.65. The van der Waals surface area contributed by atoms with Crippen LogP contribution in [0.1, 0.15) is 56.9 Å². The van der Waals surface area contributed by atoms with E-state index >= 15 is 0 Å². The number of hydrogen-bond donors (Lipinski definition) is 2. The predicted molar refractivity (Wildman–Crippen MR) is 97.5 cm³/mol. The van der Waals surface area contributed by atoms with Crippen LogP contribution >= 0.6 is 0 Å². The molecule has 25 heavy (non-hydrogen) atoms. The zero-order valence-electron chi connectivity index (χ0n) is 14.8. The van der Waals surface area contributed by atoms with Crippen molar-refractivity contribution in [3.05, 3.63) is 29.8 Å². The average molecular weight is 341 g/mol. The Bertz CT molecular complexity index is 675. The number of fused-ring (bicyclic) bond motifs is 2. The van der Waals surface area contributed by atoms with Crippen LogP contribution in [-0.2, 0) is 4.79 Å². The van der Waals surface area contributed by atoms with Gasteiger partial charge in [-0.05, 0) is 43.7 Å². The van der Waals surface area contributed by atoms with Crippen LogP contribution in [0.5, 0.6) is 0 Å². The molecule has 3 amide bonds. The number of likely N-dealkylation sites (tertiary alicyclic amines) is 1. The Morgan fingerprint density at radius 2 is 2.08 bits per heavy atom. The van der Waals surface area contributed by atoms with Crippen LogP contribution < -0.4 is 10.6 Å². The summed E-state index contributed by atoms with van der Waals surface area (Å²) in [5.41, 5.74) is 1.99. The van der Waals surface area contributed by atoms with Gasteiger partial charge in [0, 0.05) is 36.7 Å². The molecular weight excluding hydrogens is 314 g/mol. The lowest BCUT2D eigenvalue weighted by Crippen LogP contribution is -2.48. The second kappa shape index (κ2) is 6.70. The monoisotopic (exact) mass is 341 g/mol. The largest absolute Gasteiger partial charge is 0.337 e. The number of nitrogens with one attached hydrogen (secondary N) is 2. The summed E-state index contributed by atoms with van der Waals surface area (Å²) < 4.78 is 0. The van der Waals surface area contributed by atoms with E-state index < -0.39 is 0 Å². The number of para-hydroxylation sites is 1. The summed E-state index contributed by atoms with van der Waals surface area (Å²) in [5, 5.41) is 6.04. The van der Waals surface area contributed by atoms with Gasteiger partial charge in [-0.15, -0.1) is 0 Å². The highest BCUT2D eigenvalue weighted by Gasteiger charge is 2.42. The molecule has 3 aliphatic rings. The van der Waals surface area contributed by atoms with Crippen LogP contribution in [0.3, 0.4) is 0 Å². The van der Waals surface area contributed by atoms with Crippen LogP contribution in [0.25, 0.3) is 0 Å². The molecule has 2 N–H and O–H groups in total. The summed E-state index contributed by atoms with van der Waals surface area (Å²) in [6.45, 7) is 2.69. The number of rotatable bonds is 2. The van der Waals surface area contributed by atoms with E-state index in [4.69, 9.17) is 0 Å². The van der Waals surface area contributed by atoms with Gasteiger partial charge in [-0.1, -0.05) is 31.0 Å². The zero-order valence-corrected chi connectivity index (χ0v) is 14.8. The highest BCUT2D eigenvalue weighted by Crippen LogP contribution is 2.39. The van der Waals surface area contributed by atoms with E-state index in [2.05, 4.69) is 22.5 Å². The molecule has 1 aliphatic carbocycles. The summed E-state index contributed by atoms with van der Waals surface area (Å²) >= 11 is 0. The molecule has 2 heterocycles. The SMILES string of the molecule is C[C@@H]1C[C@@H]2CCCC[C@H]2N1C(=O)NC[C@H]1CC(=O)Nc2ccccc21. The Kier molecular flexibility index (Phi) is 4.40. The summed E-state index contributed by atoms with van der Waals surface area (Å²) in [7, 11) is 0. The third-order valence-corrected chi connectivity index (χ3v) is 6.19. The molecule has 5 nitrogen and oxygen atoms in total. The highest BCUT2D eigenvalue weighted by atomic mass is 16.2. The standard InChI is InChI=1S/C20H27N3O2/c1-13-10-14-6-2-5-9-18(14)23(13)20(25)21-12-15-11-19(24)22-17-8-4-3-7-16(15)17/h3-4,7-8,13-15,18H,2,5-6,9-12H2,1H3,(H,21,25)(H,22,24)/t13-,14+,15-,18-/m1/s1. The van der Waals surface area contributed by atoms with Crippen molar-refractivity contribution < 1.29 is 9.59 Å². The molecule has 4 atom stereocenters. The maximum atomic E-state index is 12.9. The fourth-order valence-corrected chi connectivity index (χ4v) is 5.04. The van der Waals surface area contributed by atoms with E-state index in [1.165, 1.54) is 19.3 Å². The van der Waals surface area contributed by atoms with Crippen LogP contribution in [0.15, 0.2) is 24.3 Å². The van der Waals surface area contributed by atoms with E-state index in [1.54, 1.807) is 0 Å². The zero-order chi connectivity index (χ0) is 17.4. The Morgan fingerprint density at radius 1 is 1.28 bits per heavy atom. The molecule has 1 saturated carbocycles. The molecule has 1 aromatic rings. The Morgan fingerprint density at radius 3 is 2.96 bits per heavy atom. The van der Waals surface area contributed by atoms with Gasteiger partial charge in [0.25, 0.3) is 0 Å². The minimum atomic E-state index is 0.0276. The first-order valence-electron chi connectivity index (χ1n) is 9.58. The van der Waals surface area contributed by atoms with Crippen LogP contribution in [-0.4, -0.2) is 35.5 Å². The molecule has 0 radical (unpaired) electrons. The Balaban J connectivity index is 1.43. The van der Waals surface area contributed by atoms with Crippen molar-refractivity contribution in [3.8, 4) is 0 Å². The normalized spacial score (nSPS) is 31.1. The molecule has 4 rings (SSSR count). The predicted octanol–water partition coefficient (Wildman–Crippen LogP) is 3.48. The van der Waals surface area contributed by atoms with Crippen LogP contribution in [0, 0.1) is 5.92 Å². The van der Waals surface area contributed by atoms with Crippen molar-refractivity contribution in [2.75, 3.05) is 11.9 Å². The number of amides is 3. The first kappa shape index (κ1) is 16.4. The van der Waals surface area contributed by atoms with Gasteiger partial charge in [-0.3, -0.25) is 4.79 Å². The molecule has 0 spiro atoms. The number of urea groups is 1. The molecule has 2 fully saturated rings. The van der Waals surface area contributed by atoms with Crippen LogP contribution in [0.4, 0.5) is 10.5 Å². The number of benzene rings is 1. The van der Waals surface area contributed by atoms with Gasteiger partial charge in [-0.2, -0.15) is 0 Å². The molecule has 2 aliphatic heterocycles. The van der Waals surface area contributed by atoms with Gasteiger partial charge in [0.2, 0.25) is 5.91 Å². The molecule has 1 saturated heterocycles. The molecule has 0 aromatic heterocycles. The lowest BCUT2D eigenvalue weighted by atomic mass is 9.85. The Hall–Kier alpha value is -2.04. The summed E-state index contributed by atoms with van der Waals surface area (Å²) in [4.78, 5) is 26.9. The molecule has 134 valence electrons. The quantitative estimate of drug-likeness (QED) is 0.865. The molecule has 0 unspecified atom stereocenters. The van der Waals surface area contributed by atoms with Crippen molar-refractivity contribution in [1.82, 2.24) is 10.2 Å². The molecule has 0 bridgehead atoms. The van der Waals surface area contributed by atoms with Gasteiger partial charge in [0.1, 0.15) is 0 Å². The smallest absolute Gasteiger partial charge is 0.317 e. The van der Waals surface area contributed by atoms with E-state index in [9.17, 15) is 9.59 Å². The second-order valence-electron chi connectivity index (χ2n) is 7.83. The molecular formula is C20H27N3O2. The topological polar surface area (TPSA) is 61.4 Å². The minimum Gasteiger partial charge on any atom is -0.337 e. The minimum absolute atomic E-state index is 0.0276. The van der Waals surface area contributed by atoms with Gasteiger partial charge in [0.15, 0.2) is 0 Å². The summed E-state index contributed by atoms with van der Waals surface area (Å²) in [5.74, 6) is 0.754. The third-order valence-electron chi connectivity index (χ3n) is 6.19. The van der Waals surface area contributed by atoms with Crippen molar-refractivity contribution in [2.45, 2.75) is 63.5 Å². The lowest BCUT2D eigenvalue weighted by molar-refractivity contribution is -0.116. The number of hydrogen-bond acceptors (Lipinski definition) is 2. The number of carbonyl (C=O) groups excluding carboxylic acids is 2. The fourth-order valence-electron chi connectivity index (χ4n) is 5.04. The van der Waals surface area contributed by atoms with Gasteiger partial charge in [-0.25, -0.2) is 4.79 Å². The summed E-state index contributed by atoms with van der Waals surface area (Å²) in [6.07, 6.45) is 6.49. The first-order chi connectivity index (χ1) is 12.1. The third kappa shape index (κ3) is 3.12.